The van der Waals surface area contributed by atoms with Gasteiger partial charge in [-0.25, -0.2) is 4.98 Å². The van der Waals surface area contributed by atoms with Crippen molar-refractivity contribution in [2.45, 2.75) is 65.7 Å². The first kappa shape index (κ1) is 25.4. The standard InChI is InChI=1S/C31H36N6O2/c1-17(2)36-15-19(4)29-25(30(38)34-14-26-18(3)8-20(5)35-31(26)39)9-22(10-27(29)36)21-6-7-28(33-12-21)37-16-23-11-24(37)13-32-23/h6-10,12,15,17,23-24,32H,11,13-14,16H2,1-5H3,(H,34,38)(H,35,39)/t23-,24?/m0/s1. The summed E-state index contributed by atoms with van der Waals surface area (Å²) in [7, 11) is 0. The number of nitrogens with one attached hydrogen (secondary N) is 3. The number of carbonyl (C=O) groups excluding carboxylic acids is 1. The normalized spacial score (nSPS) is 18.5. The fourth-order valence-corrected chi connectivity index (χ4v) is 6.29. The molecule has 2 fully saturated rings. The summed E-state index contributed by atoms with van der Waals surface area (Å²) in [6, 6.07) is 11.6. The molecule has 3 aromatic heterocycles. The van der Waals surface area contributed by atoms with Crippen molar-refractivity contribution in [1.29, 1.82) is 0 Å². The zero-order valence-electron chi connectivity index (χ0n) is 23.3. The minimum Gasteiger partial charge on any atom is -0.351 e. The Labute approximate surface area is 228 Å². The van der Waals surface area contributed by atoms with E-state index in [9.17, 15) is 9.59 Å². The molecule has 2 aliphatic rings. The van der Waals surface area contributed by atoms with Crippen LogP contribution in [-0.4, -0.2) is 45.6 Å². The maximum Gasteiger partial charge on any atom is 0.253 e. The van der Waals surface area contributed by atoms with Gasteiger partial charge in [-0.1, -0.05) is 0 Å². The molecule has 0 aliphatic carbocycles. The van der Waals surface area contributed by atoms with E-state index in [2.05, 4.69) is 63.3 Å². The average Bonchev–Trinajstić information content (AvgIpc) is 3.62. The third-order valence-electron chi connectivity index (χ3n) is 8.28. The molecule has 1 aromatic carbocycles. The van der Waals surface area contributed by atoms with Crippen LogP contribution in [-0.2, 0) is 6.54 Å². The van der Waals surface area contributed by atoms with Crippen molar-refractivity contribution in [1.82, 2.24) is 25.2 Å². The Morgan fingerprint density at radius 3 is 2.59 bits per heavy atom. The fourth-order valence-electron chi connectivity index (χ4n) is 6.29. The number of carbonyl (C=O) groups is 1. The van der Waals surface area contributed by atoms with E-state index < -0.39 is 0 Å². The van der Waals surface area contributed by atoms with Gasteiger partial charge in [-0.3, -0.25) is 9.59 Å². The van der Waals surface area contributed by atoms with E-state index in [1.807, 2.05) is 39.1 Å². The first-order valence-electron chi connectivity index (χ1n) is 13.8. The van der Waals surface area contributed by atoms with E-state index >= 15 is 0 Å². The van der Waals surface area contributed by atoms with E-state index in [4.69, 9.17) is 4.98 Å². The lowest BCUT2D eigenvalue weighted by molar-refractivity contribution is 0.0952. The van der Waals surface area contributed by atoms with Crippen molar-refractivity contribution in [3.8, 4) is 11.1 Å². The number of rotatable bonds is 6. The molecule has 4 aromatic rings. The minimum atomic E-state index is -0.198. The number of aromatic amines is 1. The van der Waals surface area contributed by atoms with Gasteiger partial charge in [0.1, 0.15) is 5.82 Å². The van der Waals surface area contributed by atoms with E-state index in [1.54, 1.807) is 0 Å². The number of benzene rings is 1. The van der Waals surface area contributed by atoms with Gasteiger partial charge in [0.05, 0.1) is 0 Å². The summed E-state index contributed by atoms with van der Waals surface area (Å²) >= 11 is 0. The Morgan fingerprint density at radius 2 is 1.95 bits per heavy atom. The van der Waals surface area contributed by atoms with Gasteiger partial charge < -0.3 is 25.1 Å². The highest BCUT2D eigenvalue weighted by Crippen LogP contribution is 2.34. The lowest BCUT2D eigenvalue weighted by atomic mass is 9.98. The van der Waals surface area contributed by atoms with E-state index in [-0.39, 0.29) is 24.1 Å². The third kappa shape index (κ3) is 4.52. The van der Waals surface area contributed by atoms with Crippen LogP contribution in [0.25, 0.3) is 22.0 Å². The number of anilines is 1. The number of hydrogen-bond acceptors (Lipinski definition) is 5. The number of amides is 1. The molecule has 8 nitrogen and oxygen atoms in total. The number of H-pyrrole nitrogens is 1. The van der Waals surface area contributed by atoms with Crippen LogP contribution in [0.3, 0.4) is 0 Å². The molecule has 2 bridgehead atoms. The van der Waals surface area contributed by atoms with Crippen LogP contribution in [0.1, 0.15) is 59.1 Å². The summed E-state index contributed by atoms with van der Waals surface area (Å²) in [5.74, 6) is 0.808. The smallest absolute Gasteiger partial charge is 0.253 e. The molecule has 3 N–H and O–H groups in total. The number of fused-ring (bicyclic) bond motifs is 3. The SMILES string of the molecule is Cc1cc(C)c(CNC(=O)c2cc(-c3ccc(N4C[C@@H]5CC4CN5)nc3)cc3c2c(C)cn3C(C)C)c(=O)[nH]1. The second-order valence-electron chi connectivity index (χ2n) is 11.4. The number of piperazine rings is 1. The lowest BCUT2D eigenvalue weighted by Gasteiger charge is -2.28. The predicted octanol–water partition coefficient (Wildman–Crippen LogP) is 4.38. The van der Waals surface area contributed by atoms with Crippen LogP contribution in [0, 0.1) is 20.8 Å². The average molecular weight is 525 g/mol. The van der Waals surface area contributed by atoms with Crippen LogP contribution in [0.2, 0.25) is 0 Å². The van der Waals surface area contributed by atoms with E-state index in [1.165, 1.54) is 6.42 Å². The maximum absolute atomic E-state index is 13.7. The summed E-state index contributed by atoms with van der Waals surface area (Å²) in [4.78, 5) is 36.3. The van der Waals surface area contributed by atoms with Gasteiger partial charge in [0.25, 0.3) is 11.5 Å². The number of aryl methyl sites for hydroxylation is 3. The Morgan fingerprint density at radius 1 is 1.13 bits per heavy atom. The van der Waals surface area contributed by atoms with E-state index in [0.29, 0.717) is 23.2 Å². The number of nitrogens with zero attached hydrogens (tertiary/aromatic N) is 3. The first-order chi connectivity index (χ1) is 18.7. The largest absolute Gasteiger partial charge is 0.351 e. The molecular formula is C31H36N6O2. The van der Waals surface area contributed by atoms with Crippen molar-refractivity contribution in [3.63, 3.8) is 0 Å². The second-order valence-corrected chi connectivity index (χ2v) is 11.4. The molecule has 0 spiro atoms. The zero-order chi connectivity index (χ0) is 27.4. The highest BCUT2D eigenvalue weighted by molar-refractivity contribution is 6.09. The quantitative estimate of drug-likeness (QED) is 0.348. The van der Waals surface area contributed by atoms with Crippen LogP contribution >= 0.6 is 0 Å². The van der Waals surface area contributed by atoms with Gasteiger partial charge in [0.2, 0.25) is 0 Å². The molecule has 8 heteroatoms. The highest BCUT2D eigenvalue weighted by Gasteiger charge is 2.38. The zero-order valence-corrected chi connectivity index (χ0v) is 23.3. The molecule has 2 atom stereocenters. The van der Waals surface area contributed by atoms with Crippen LogP contribution in [0.15, 0.2) is 47.5 Å². The summed E-state index contributed by atoms with van der Waals surface area (Å²) in [5, 5.41) is 7.50. The Hall–Kier alpha value is -3.91. The summed E-state index contributed by atoms with van der Waals surface area (Å²) in [6.45, 7) is 12.3. The molecular weight excluding hydrogens is 488 g/mol. The van der Waals surface area contributed by atoms with Crippen molar-refractivity contribution >= 4 is 22.6 Å². The summed E-state index contributed by atoms with van der Waals surface area (Å²) < 4.78 is 2.22. The van der Waals surface area contributed by atoms with Gasteiger partial charge in [0, 0.05) is 83.4 Å². The lowest BCUT2D eigenvalue weighted by Crippen LogP contribution is -2.43. The topological polar surface area (TPSA) is 95.1 Å². The van der Waals surface area contributed by atoms with Crippen molar-refractivity contribution in [3.05, 3.63) is 81.0 Å². The number of pyridine rings is 2. The molecule has 1 unspecified atom stereocenters. The van der Waals surface area contributed by atoms with Gasteiger partial charge in [-0.15, -0.1) is 0 Å². The van der Waals surface area contributed by atoms with Crippen LogP contribution < -0.4 is 21.1 Å². The molecule has 0 saturated carbocycles. The van der Waals surface area contributed by atoms with Crippen LogP contribution in [0.4, 0.5) is 5.82 Å². The molecule has 202 valence electrons. The Kier molecular flexibility index (Phi) is 6.30. The Balaban J connectivity index is 1.36. The molecule has 2 saturated heterocycles. The van der Waals surface area contributed by atoms with Gasteiger partial charge in [-0.05, 0) is 88.1 Å². The van der Waals surface area contributed by atoms with E-state index in [0.717, 1.165) is 57.8 Å². The minimum absolute atomic E-state index is 0.165. The van der Waals surface area contributed by atoms with Crippen molar-refractivity contribution in [2.24, 2.45) is 0 Å². The number of hydrogen-bond donors (Lipinski definition) is 3. The van der Waals surface area contributed by atoms with Crippen molar-refractivity contribution < 1.29 is 4.79 Å². The van der Waals surface area contributed by atoms with Gasteiger partial charge >= 0.3 is 0 Å². The summed E-state index contributed by atoms with van der Waals surface area (Å²) in [5.41, 5.74) is 6.66. The van der Waals surface area contributed by atoms with Gasteiger partial charge in [-0.2, -0.15) is 0 Å². The monoisotopic (exact) mass is 524 g/mol. The highest BCUT2D eigenvalue weighted by atomic mass is 16.1. The Bertz CT molecular complexity index is 1630. The van der Waals surface area contributed by atoms with Gasteiger partial charge in [0.15, 0.2) is 0 Å². The first-order valence-corrected chi connectivity index (χ1v) is 13.8. The molecule has 0 radical (unpaired) electrons. The molecule has 6 rings (SSSR count). The maximum atomic E-state index is 13.7. The number of aromatic nitrogens is 3. The van der Waals surface area contributed by atoms with Crippen LogP contribution in [0.5, 0.6) is 0 Å². The molecule has 1 amide bonds. The third-order valence-corrected chi connectivity index (χ3v) is 8.28. The fraction of sp³-hybridized carbons (Fsp3) is 0.387. The second kappa shape index (κ2) is 9.68. The molecule has 2 aliphatic heterocycles. The molecule has 39 heavy (non-hydrogen) atoms. The summed E-state index contributed by atoms with van der Waals surface area (Å²) in [6.07, 6.45) is 5.21. The van der Waals surface area contributed by atoms with Crippen molar-refractivity contribution in [2.75, 3.05) is 18.0 Å². The predicted molar refractivity (Wildman–Crippen MR) is 156 cm³/mol. The molecule has 5 heterocycles.